The highest BCUT2D eigenvalue weighted by Gasteiger charge is 2.67. The number of benzene rings is 3. The minimum Gasteiger partial charge on any atom is -0.508 e. The molecule has 1 amide bonds. The fourth-order valence-electron chi connectivity index (χ4n) is 8.49. The van der Waals surface area contributed by atoms with Crippen LogP contribution < -0.4 is 9.47 Å². The zero-order valence-electron chi connectivity index (χ0n) is 24.7. The van der Waals surface area contributed by atoms with E-state index in [-0.39, 0.29) is 41.0 Å². The van der Waals surface area contributed by atoms with Crippen LogP contribution in [0.25, 0.3) is 6.08 Å². The number of ether oxygens (including phenoxy) is 2. The molecular formula is C36H38N2O5. The molecule has 1 saturated carbocycles. The molecule has 222 valence electrons. The SMILES string of the molecule is CC(=O)Oc1cc(O)c2c3c1O[C@H]1[C@@H](N(C)C(=O)C=Cc4ccccc4)CC[C@H]4[C@@H](C2)N(CCc2ccccc2)CC[C@@]341. The second kappa shape index (κ2) is 10.9. The summed E-state index contributed by atoms with van der Waals surface area (Å²) in [6.45, 7) is 3.22. The van der Waals surface area contributed by atoms with E-state index in [0.29, 0.717) is 11.7 Å². The number of nitrogens with zero attached hydrogens (tertiary/aromatic N) is 2. The van der Waals surface area contributed by atoms with Gasteiger partial charge in [-0.25, -0.2) is 0 Å². The minimum atomic E-state index is -0.456. The molecule has 2 bridgehead atoms. The minimum absolute atomic E-state index is 0.0702. The number of hydrogen-bond acceptors (Lipinski definition) is 6. The number of amides is 1. The average molecular weight is 579 g/mol. The first-order valence-electron chi connectivity index (χ1n) is 15.4. The summed E-state index contributed by atoms with van der Waals surface area (Å²) >= 11 is 0. The summed E-state index contributed by atoms with van der Waals surface area (Å²) in [4.78, 5) is 30.0. The highest BCUT2D eigenvalue weighted by molar-refractivity contribution is 5.92. The predicted molar refractivity (Wildman–Crippen MR) is 164 cm³/mol. The third kappa shape index (κ3) is 4.61. The van der Waals surface area contributed by atoms with Crippen molar-refractivity contribution in [3.8, 4) is 17.2 Å². The molecule has 7 rings (SSSR count). The van der Waals surface area contributed by atoms with Crippen molar-refractivity contribution in [3.05, 3.63) is 95.1 Å². The first-order valence-corrected chi connectivity index (χ1v) is 15.4. The number of carbonyl (C=O) groups is 2. The van der Waals surface area contributed by atoms with Crippen LogP contribution in [-0.2, 0) is 27.8 Å². The van der Waals surface area contributed by atoms with Crippen molar-refractivity contribution < 1.29 is 24.2 Å². The topological polar surface area (TPSA) is 79.3 Å². The summed E-state index contributed by atoms with van der Waals surface area (Å²) in [5, 5.41) is 11.3. The van der Waals surface area contributed by atoms with Crippen LogP contribution in [0.3, 0.4) is 0 Å². The van der Waals surface area contributed by atoms with Gasteiger partial charge in [-0.1, -0.05) is 60.7 Å². The molecular weight excluding hydrogens is 540 g/mol. The first-order chi connectivity index (χ1) is 20.9. The fraction of sp³-hybridized carbons (Fsp3) is 0.389. The van der Waals surface area contributed by atoms with E-state index >= 15 is 0 Å². The van der Waals surface area contributed by atoms with E-state index < -0.39 is 5.97 Å². The fourth-order valence-corrected chi connectivity index (χ4v) is 8.49. The molecule has 2 heterocycles. The van der Waals surface area contributed by atoms with Gasteiger partial charge in [-0.2, -0.15) is 0 Å². The van der Waals surface area contributed by atoms with Gasteiger partial charge in [-0.05, 0) is 61.8 Å². The third-order valence-electron chi connectivity index (χ3n) is 10.3. The Labute approximate surface area is 252 Å². The highest BCUT2D eigenvalue weighted by Crippen LogP contribution is 2.65. The molecule has 0 unspecified atom stereocenters. The molecule has 0 radical (unpaired) electrons. The van der Waals surface area contributed by atoms with Gasteiger partial charge in [-0.15, -0.1) is 0 Å². The van der Waals surface area contributed by atoms with Gasteiger partial charge in [0.05, 0.1) is 6.04 Å². The zero-order valence-corrected chi connectivity index (χ0v) is 24.7. The predicted octanol–water partition coefficient (Wildman–Crippen LogP) is 5.14. The van der Waals surface area contributed by atoms with Gasteiger partial charge in [0.1, 0.15) is 11.9 Å². The van der Waals surface area contributed by atoms with Crippen LogP contribution in [0, 0.1) is 5.92 Å². The lowest BCUT2D eigenvalue weighted by atomic mass is 9.50. The number of likely N-dealkylation sites (N-methyl/N-ethyl adjacent to an activating group) is 1. The molecule has 0 aromatic heterocycles. The van der Waals surface area contributed by atoms with Crippen molar-refractivity contribution in [2.75, 3.05) is 20.1 Å². The molecule has 7 heteroatoms. The van der Waals surface area contributed by atoms with Crippen molar-refractivity contribution in [1.29, 1.82) is 0 Å². The van der Waals surface area contributed by atoms with Crippen molar-refractivity contribution in [2.45, 2.75) is 62.6 Å². The standard InChI is InChI=1S/C36H38N2O5/c1-23(39)42-31-22-30(40)26-21-29-27-14-15-28(37(2)32(41)16-13-24-9-5-3-6-10-24)35-36(27,33(26)34(31)43-35)18-20-38(29)19-17-25-11-7-4-8-12-25/h3-13,16,22,27-29,35,40H,14-15,17-21H2,1-2H3/t27-,28-,29+,35-,36-/m0/s1. The Kier molecular flexibility index (Phi) is 7.01. The zero-order chi connectivity index (χ0) is 29.7. The lowest BCUT2D eigenvalue weighted by Crippen LogP contribution is -2.69. The Morgan fingerprint density at radius 1 is 1.12 bits per heavy atom. The summed E-state index contributed by atoms with van der Waals surface area (Å²) in [7, 11) is 1.87. The van der Waals surface area contributed by atoms with Gasteiger partial charge in [0, 0.05) is 55.2 Å². The summed E-state index contributed by atoms with van der Waals surface area (Å²) < 4.78 is 12.5. The lowest BCUT2D eigenvalue weighted by molar-refractivity contribution is -0.135. The maximum absolute atomic E-state index is 13.5. The van der Waals surface area contributed by atoms with Gasteiger partial charge in [0.25, 0.3) is 0 Å². The van der Waals surface area contributed by atoms with Crippen LogP contribution in [0.4, 0.5) is 0 Å². The number of esters is 1. The van der Waals surface area contributed by atoms with Crippen molar-refractivity contribution in [1.82, 2.24) is 9.80 Å². The molecule has 3 aromatic rings. The number of carbonyl (C=O) groups excluding carboxylic acids is 2. The second-order valence-electron chi connectivity index (χ2n) is 12.5. The number of rotatable bonds is 7. The van der Waals surface area contributed by atoms with Crippen molar-refractivity contribution >= 4 is 18.0 Å². The number of piperidine rings is 1. The summed E-state index contributed by atoms with van der Waals surface area (Å²) in [5.74, 6) is 0.781. The van der Waals surface area contributed by atoms with Crippen molar-refractivity contribution in [3.63, 3.8) is 0 Å². The van der Waals surface area contributed by atoms with Crippen molar-refractivity contribution in [2.24, 2.45) is 5.92 Å². The molecule has 2 aliphatic heterocycles. The third-order valence-corrected chi connectivity index (χ3v) is 10.3. The number of hydrogen-bond donors (Lipinski definition) is 1. The van der Waals surface area contributed by atoms with Crippen LogP contribution in [-0.4, -0.2) is 65.1 Å². The molecule has 4 aliphatic rings. The largest absolute Gasteiger partial charge is 0.508 e. The molecule has 1 N–H and O–H groups in total. The second-order valence-corrected chi connectivity index (χ2v) is 12.5. The Morgan fingerprint density at radius 2 is 1.86 bits per heavy atom. The number of phenols is 1. The van der Waals surface area contributed by atoms with Gasteiger partial charge in [0.2, 0.25) is 5.91 Å². The maximum atomic E-state index is 13.5. The highest BCUT2D eigenvalue weighted by atomic mass is 16.6. The van der Waals surface area contributed by atoms with E-state index in [1.54, 1.807) is 12.1 Å². The maximum Gasteiger partial charge on any atom is 0.308 e. The number of phenolic OH excluding ortho intramolecular Hbond substituents is 1. The Balaban J connectivity index is 1.24. The number of likely N-dealkylation sites (tertiary alicyclic amines) is 1. The molecule has 7 nitrogen and oxygen atoms in total. The summed E-state index contributed by atoms with van der Waals surface area (Å²) in [6.07, 6.45) is 7.52. The first kappa shape index (κ1) is 27.7. The Morgan fingerprint density at radius 3 is 2.60 bits per heavy atom. The quantitative estimate of drug-likeness (QED) is 0.238. The normalized spacial score (nSPS) is 26.9. The molecule has 3 aromatic carbocycles. The van der Waals surface area contributed by atoms with Gasteiger partial charge >= 0.3 is 5.97 Å². The van der Waals surface area contributed by atoms with E-state index in [4.69, 9.17) is 9.47 Å². The van der Waals surface area contributed by atoms with Crippen LogP contribution >= 0.6 is 0 Å². The molecule has 43 heavy (non-hydrogen) atoms. The summed E-state index contributed by atoms with van der Waals surface area (Å²) in [6, 6.07) is 22.0. The van der Waals surface area contributed by atoms with Gasteiger partial charge in [-0.3, -0.25) is 14.5 Å². The lowest BCUT2D eigenvalue weighted by Gasteiger charge is -2.60. The van der Waals surface area contributed by atoms with Crippen LogP contribution in [0.2, 0.25) is 0 Å². The van der Waals surface area contributed by atoms with Crippen LogP contribution in [0.1, 0.15) is 48.4 Å². The average Bonchev–Trinajstić information content (AvgIpc) is 3.36. The van der Waals surface area contributed by atoms with E-state index in [1.165, 1.54) is 12.5 Å². The van der Waals surface area contributed by atoms with Crippen LogP contribution in [0.5, 0.6) is 17.2 Å². The molecule has 1 saturated heterocycles. The smallest absolute Gasteiger partial charge is 0.308 e. The monoisotopic (exact) mass is 578 g/mol. The number of aromatic hydroxyl groups is 1. The summed E-state index contributed by atoms with van der Waals surface area (Å²) in [5.41, 5.74) is 3.83. The Hall–Kier alpha value is -4.10. The Bertz CT molecular complexity index is 1570. The molecule has 5 atom stereocenters. The van der Waals surface area contributed by atoms with E-state index in [1.807, 2.05) is 48.4 Å². The van der Waals surface area contributed by atoms with Gasteiger partial charge in [0.15, 0.2) is 11.5 Å². The van der Waals surface area contributed by atoms with E-state index in [9.17, 15) is 14.7 Å². The van der Waals surface area contributed by atoms with E-state index in [0.717, 1.165) is 61.9 Å². The van der Waals surface area contributed by atoms with Crippen LogP contribution in [0.15, 0.2) is 72.8 Å². The van der Waals surface area contributed by atoms with Gasteiger partial charge < -0.3 is 19.5 Å². The molecule has 2 fully saturated rings. The molecule has 2 aliphatic carbocycles. The molecule has 1 spiro atoms. The van der Waals surface area contributed by atoms with E-state index in [2.05, 4.69) is 35.2 Å².